The minimum absolute atomic E-state index is 0.0238. The van der Waals surface area contributed by atoms with Crippen LogP contribution >= 0.6 is 0 Å². The molecule has 36 heavy (non-hydrogen) atoms. The van der Waals surface area contributed by atoms with Crippen molar-refractivity contribution in [2.75, 3.05) is 51.1 Å². The first kappa shape index (κ1) is 26.8. The van der Waals surface area contributed by atoms with Crippen LogP contribution in [-0.4, -0.2) is 62.7 Å². The molecule has 2 N–H and O–H groups in total. The number of amides is 1. The molecule has 3 aromatic carbocycles. The average Bonchev–Trinajstić information content (AvgIpc) is 2.87. The highest BCUT2D eigenvalue weighted by Crippen LogP contribution is 2.29. The Morgan fingerprint density at radius 2 is 1.64 bits per heavy atom. The highest BCUT2D eigenvalue weighted by Gasteiger charge is 2.19. The number of carboxylic acid groups (broad SMARTS) is 1. The zero-order valence-corrected chi connectivity index (χ0v) is 21.5. The molecule has 0 radical (unpaired) electrons. The van der Waals surface area contributed by atoms with Gasteiger partial charge in [0.1, 0.15) is 5.75 Å². The van der Waals surface area contributed by atoms with Gasteiger partial charge in [-0.25, -0.2) is 4.79 Å². The second-order valence-corrected chi connectivity index (χ2v) is 8.99. The predicted molar refractivity (Wildman–Crippen MR) is 145 cm³/mol. The first-order valence-electron chi connectivity index (χ1n) is 12.2. The van der Waals surface area contributed by atoms with Crippen LogP contribution in [0.1, 0.15) is 40.5 Å². The van der Waals surface area contributed by atoms with Gasteiger partial charge in [0.15, 0.2) is 0 Å². The fourth-order valence-electron chi connectivity index (χ4n) is 3.70. The lowest BCUT2D eigenvalue weighted by Gasteiger charge is -2.23. The van der Waals surface area contributed by atoms with E-state index in [0.29, 0.717) is 17.9 Å². The van der Waals surface area contributed by atoms with E-state index >= 15 is 0 Å². The van der Waals surface area contributed by atoms with Crippen molar-refractivity contribution in [1.82, 2.24) is 4.90 Å². The Morgan fingerprint density at radius 1 is 0.889 bits per heavy atom. The summed E-state index contributed by atoms with van der Waals surface area (Å²) in [7, 11) is 6.01. The fourth-order valence-corrected chi connectivity index (χ4v) is 3.70. The number of nitrogens with one attached hydrogen (secondary N) is 1. The van der Waals surface area contributed by atoms with Crippen LogP contribution in [0.5, 0.6) is 5.75 Å². The number of nitrogens with zero attached hydrogens (tertiary/aromatic N) is 2. The summed E-state index contributed by atoms with van der Waals surface area (Å²) in [5.74, 6) is -1.06. The predicted octanol–water partition coefficient (Wildman–Crippen LogP) is 5.48. The van der Waals surface area contributed by atoms with Crippen molar-refractivity contribution >= 4 is 23.3 Å². The van der Waals surface area contributed by atoms with E-state index in [1.165, 1.54) is 6.07 Å². The van der Waals surface area contributed by atoms with Gasteiger partial charge in [0.05, 0.1) is 23.4 Å². The maximum Gasteiger partial charge on any atom is 0.337 e. The maximum absolute atomic E-state index is 13.5. The molecule has 190 valence electrons. The van der Waals surface area contributed by atoms with Crippen LogP contribution in [0.3, 0.4) is 0 Å². The van der Waals surface area contributed by atoms with Crippen molar-refractivity contribution in [2.45, 2.75) is 19.8 Å². The lowest BCUT2D eigenvalue weighted by Crippen LogP contribution is -2.28. The largest absolute Gasteiger partial charge is 0.493 e. The molecule has 0 aliphatic heterocycles. The Morgan fingerprint density at radius 3 is 2.31 bits per heavy atom. The number of hydrogen-bond donors (Lipinski definition) is 2. The second-order valence-electron chi connectivity index (χ2n) is 8.99. The minimum Gasteiger partial charge on any atom is -0.493 e. The lowest BCUT2D eigenvalue weighted by molar-refractivity contribution is 0.0698. The van der Waals surface area contributed by atoms with E-state index < -0.39 is 11.9 Å². The normalized spacial score (nSPS) is 10.8. The van der Waals surface area contributed by atoms with Crippen LogP contribution in [0.2, 0.25) is 0 Å². The third-order valence-corrected chi connectivity index (χ3v) is 5.89. The van der Waals surface area contributed by atoms with Crippen molar-refractivity contribution < 1.29 is 19.4 Å². The molecule has 1 amide bonds. The van der Waals surface area contributed by atoms with E-state index in [9.17, 15) is 14.7 Å². The highest BCUT2D eigenvalue weighted by molar-refractivity contribution is 6.10. The minimum atomic E-state index is -1.11. The molecule has 0 bridgehead atoms. The van der Waals surface area contributed by atoms with Gasteiger partial charge in [-0.3, -0.25) is 4.79 Å². The molecule has 0 aliphatic carbocycles. The summed E-state index contributed by atoms with van der Waals surface area (Å²) in [6.07, 6.45) is 1.84. The topological polar surface area (TPSA) is 82.1 Å². The number of hydrogen-bond acceptors (Lipinski definition) is 5. The summed E-state index contributed by atoms with van der Waals surface area (Å²) >= 11 is 0. The molecular weight excluding hydrogens is 454 g/mol. The van der Waals surface area contributed by atoms with E-state index in [2.05, 4.69) is 22.0 Å². The van der Waals surface area contributed by atoms with E-state index in [4.69, 9.17) is 4.74 Å². The number of rotatable bonds is 12. The van der Waals surface area contributed by atoms with Gasteiger partial charge in [-0.15, -0.1) is 0 Å². The van der Waals surface area contributed by atoms with Crippen LogP contribution < -0.4 is 15.0 Å². The van der Waals surface area contributed by atoms with E-state index in [1.807, 2.05) is 63.6 Å². The zero-order valence-electron chi connectivity index (χ0n) is 21.5. The standard InChI is InChI=1S/C29H35N3O4/c1-5-6-18-36-27-15-13-23(32(4)17-16-31(2)3)20-25(27)28(33)30-26-19-22(12-14-24(26)29(34)35)21-10-8-7-9-11-21/h7-15,19-20H,5-6,16-18H2,1-4H3,(H,30,33)(H,34,35). The molecule has 0 saturated carbocycles. The van der Waals surface area contributed by atoms with Crippen LogP contribution in [0.15, 0.2) is 66.7 Å². The lowest BCUT2D eigenvalue weighted by atomic mass is 10.0. The molecule has 0 saturated heterocycles. The van der Waals surface area contributed by atoms with Gasteiger partial charge >= 0.3 is 5.97 Å². The molecule has 3 aromatic rings. The Labute approximate surface area is 213 Å². The Balaban J connectivity index is 1.96. The number of carbonyl (C=O) groups is 2. The second kappa shape index (κ2) is 12.7. The van der Waals surface area contributed by atoms with Gasteiger partial charge < -0.3 is 25.0 Å². The number of benzene rings is 3. The van der Waals surface area contributed by atoms with Crippen LogP contribution in [0.25, 0.3) is 11.1 Å². The summed E-state index contributed by atoms with van der Waals surface area (Å²) in [6.45, 7) is 4.22. The van der Waals surface area contributed by atoms with Gasteiger partial charge in [0.25, 0.3) is 5.91 Å². The number of ether oxygens (including phenoxy) is 1. The van der Waals surface area contributed by atoms with E-state index in [-0.39, 0.29) is 11.3 Å². The molecular formula is C29H35N3O4. The van der Waals surface area contributed by atoms with Gasteiger partial charge in [0, 0.05) is 25.8 Å². The van der Waals surface area contributed by atoms with Crippen molar-refractivity contribution in [3.05, 3.63) is 77.9 Å². The third kappa shape index (κ3) is 7.09. The van der Waals surface area contributed by atoms with Crippen molar-refractivity contribution in [3.8, 4) is 16.9 Å². The Hall–Kier alpha value is -3.84. The number of aromatic carboxylic acids is 1. The Kier molecular flexibility index (Phi) is 9.47. The number of anilines is 2. The molecule has 0 aromatic heterocycles. The zero-order chi connectivity index (χ0) is 26.1. The highest BCUT2D eigenvalue weighted by atomic mass is 16.5. The smallest absolute Gasteiger partial charge is 0.337 e. The average molecular weight is 490 g/mol. The van der Waals surface area contributed by atoms with Gasteiger partial charge in [-0.05, 0) is 62.0 Å². The van der Waals surface area contributed by atoms with E-state index in [0.717, 1.165) is 42.7 Å². The first-order chi connectivity index (χ1) is 17.3. The van der Waals surface area contributed by atoms with Gasteiger partial charge in [-0.2, -0.15) is 0 Å². The summed E-state index contributed by atoms with van der Waals surface area (Å²) in [5, 5.41) is 12.6. The molecule has 0 heterocycles. The van der Waals surface area contributed by atoms with Crippen LogP contribution in [0, 0.1) is 0 Å². The SMILES string of the molecule is CCCCOc1ccc(N(C)CCN(C)C)cc1C(=O)Nc1cc(-c2ccccc2)ccc1C(=O)O. The Bertz CT molecular complexity index is 1180. The summed E-state index contributed by atoms with van der Waals surface area (Å²) in [5.41, 5.74) is 3.24. The molecule has 7 heteroatoms. The number of likely N-dealkylation sites (N-methyl/N-ethyl adjacent to an activating group) is 2. The number of carbonyl (C=O) groups excluding carboxylic acids is 1. The quantitative estimate of drug-likeness (QED) is 0.328. The number of carboxylic acids is 1. The molecule has 0 fully saturated rings. The first-order valence-corrected chi connectivity index (χ1v) is 12.2. The third-order valence-electron chi connectivity index (χ3n) is 5.89. The van der Waals surface area contributed by atoms with Gasteiger partial charge in [-0.1, -0.05) is 49.7 Å². The molecule has 0 aliphatic rings. The van der Waals surface area contributed by atoms with Crippen molar-refractivity contribution in [3.63, 3.8) is 0 Å². The number of unbranched alkanes of at least 4 members (excludes halogenated alkanes) is 1. The van der Waals surface area contributed by atoms with Crippen LogP contribution in [0.4, 0.5) is 11.4 Å². The van der Waals surface area contributed by atoms with Crippen LogP contribution in [-0.2, 0) is 0 Å². The summed E-state index contributed by atoms with van der Waals surface area (Å²) in [6, 6.07) is 20.1. The molecule has 0 spiro atoms. The monoisotopic (exact) mass is 489 g/mol. The fraction of sp³-hybridized carbons (Fsp3) is 0.310. The maximum atomic E-state index is 13.5. The summed E-state index contributed by atoms with van der Waals surface area (Å²) < 4.78 is 5.94. The van der Waals surface area contributed by atoms with Gasteiger partial charge in [0.2, 0.25) is 0 Å². The molecule has 7 nitrogen and oxygen atoms in total. The molecule has 0 unspecified atom stereocenters. The molecule has 3 rings (SSSR count). The van der Waals surface area contributed by atoms with Crippen molar-refractivity contribution in [1.29, 1.82) is 0 Å². The molecule has 0 atom stereocenters. The summed E-state index contributed by atoms with van der Waals surface area (Å²) in [4.78, 5) is 29.6. The van der Waals surface area contributed by atoms with Crippen molar-refractivity contribution in [2.24, 2.45) is 0 Å². The van der Waals surface area contributed by atoms with E-state index in [1.54, 1.807) is 18.2 Å².